The third-order valence-corrected chi connectivity index (χ3v) is 6.45. The highest BCUT2D eigenvalue weighted by Gasteiger charge is 2.09. The third-order valence-electron chi connectivity index (χ3n) is 4.34. The molecule has 2 heterocycles. The van der Waals surface area contributed by atoms with Crippen LogP contribution >= 0.6 is 22.7 Å². The van der Waals surface area contributed by atoms with Crippen molar-refractivity contribution in [3.8, 4) is 0 Å². The van der Waals surface area contributed by atoms with Crippen molar-refractivity contribution in [3.63, 3.8) is 0 Å². The first kappa shape index (κ1) is 11.7. The van der Waals surface area contributed by atoms with Crippen molar-refractivity contribution < 1.29 is 0 Å². The molecule has 0 unspecified atom stereocenters. The van der Waals surface area contributed by atoms with Crippen molar-refractivity contribution in [2.45, 2.75) is 6.92 Å². The molecular formula is C19H12S2. The molecule has 5 rings (SSSR count). The lowest BCUT2D eigenvalue weighted by molar-refractivity contribution is 1.60. The summed E-state index contributed by atoms with van der Waals surface area (Å²) in [7, 11) is 0. The van der Waals surface area contributed by atoms with Crippen LogP contribution in [-0.4, -0.2) is 0 Å². The second-order valence-corrected chi connectivity index (χ2v) is 7.32. The summed E-state index contributed by atoms with van der Waals surface area (Å²) in [5, 5.41) is 12.7. The maximum absolute atomic E-state index is 2.30. The van der Waals surface area contributed by atoms with Crippen LogP contribution in [0.4, 0.5) is 0 Å². The van der Waals surface area contributed by atoms with Gasteiger partial charge in [-0.15, -0.1) is 22.7 Å². The highest BCUT2D eigenvalue weighted by Crippen LogP contribution is 2.38. The molecule has 0 aliphatic carbocycles. The lowest BCUT2D eigenvalue weighted by atomic mass is 9.99. The van der Waals surface area contributed by atoms with Gasteiger partial charge in [-0.3, -0.25) is 0 Å². The molecule has 0 atom stereocenters. The minimum Gasteiger partial charge on any atom is -0.143 e. The zero-order valence-corrected chi connectivity index (χ0v) is 13.1. The second-order valence-electron chi connectivity index (χ2n) is 5.52. The van der Waals surface area contributed by atoms with E-state index in [1.807, 2.05) is 22.7 Å². The smallest absolute Gasteiger partial charge is 0.0424 e. The molecule has 0 radical (unpaired) electrons. The van der Waals surface area contributed by atoms with Gasteiger partial charge in [-0.2, -0.15) is 0 Å². The van der Waals surface area contributed by atoms with Gasteiger partial charge in [0.05, 0.1) is 0 Å². The summed E-state index contributed by atoms with van der Waals surface area (Å²) >= 11 is 3.70. The van der Waals surface area contributed by atoms with Gasteiger partial charge in [0, 0.05) is 20.2 Å². The Bertz CT molecular complexity index is 1140. The first-order valence-electron chi connectivity index (χ1n) is 7.02. The van der Waals surface area contributed by atoms with Gasteiger partial charge in [0.25, 0.3) is 0 Å². The van der Waals surface area contributed by atoms with E-state index in [1.165, 1.54) is 47.3 Å². The fourth-order valence-corrected chi connectivity index (χ4v) is 5.28. The molecule has 0 nitrogen and oxygen atoms in total. The van der Waals surface area contributed by atoms with Crippen molar-refractivity contribution in [2.24, 2.45) is 0 Å². The molecule has 3 aromatic carbocycles. The highest BCUT2D eigenvalue weighted by molar-refractivity contribution is 7.18. The van der Waals surface area contributed by atoms with Gasteiger partial charge in [0.1, 0.15) is 0 Å². The number of thiophene rings is 2. The normalized spacial score (nSPS) is 12.0. The quantitative estimate of drug-likeness (QED) is 0.278. The Kier molecular flexibility index (Phi) is 2.27. The van der Waals surface area contributed by atoms with Crippen molar-refractivity contribution in [1.82, 2.24) is 0 Å². The SMILES string of the molecule is Cc1csc2c1ccc1c3ccc4ccsc4c3ccc12. The average Bonchev–Trinajstić information content (AvgIpc) is 3.13. The molecule has 100 valence electrons. The maximum atomic E-state index is 2.30. The molecule has 0 amide bonds. The largest absolute Gasteiger partial charge is 0.143 e. The van der Waals surface area contributed by atoms with Gasteiger partial charge >= 0.3 is 0 Å². The molecule has 2 heteroatoms. The van der Waals surface area contributed by atoms with Crippen LogP contribution < -0.4 is 0 Å². The second kappa shape index (κ2) is 4.06. The lowest BCUT2D eigenvalue weighted by Crippen LogP contribution is -1.79. The van der Waals surface area contributed by atoms with E-state index in [0.29, 0.717) is 0 Å². The number of benzene rings is 3. The standard InChI is InChI=1S/C19H12S2/c1-11-10-21-19-13(11)4-5-15-14-3-2-12-8-9-20-18(12)16(14)6-7-17(15)19/h2-10H,1H3. The Labute approximate surface area is 130 Å². The molecular weight excluding hydrogens is 292 g/mol. The minimum absolute atomic E-state index is 1.35. The zero-order chi connectivity index (χ0) is 14.0. The van der Waals surface area contributed by atoms with Crippen LogP contribution in [0.1, 0.15) is 5.56 Å². The molecule has 0 fully saturated rings. The van der Waals surface area contributed by atoms with Gasteiger partial charge in [0.15, 0.2) is 0 Å². The van der Waals surface area contributed by atoms with E-state index in [4.69, 9.17) is 0 Å². The van der Waals surface area contributed by atoms with E-state index in [9.17, 15) is 0 Å². The van der Waals surface area contributed by atoms with Crippen LogP contribution in [0.3, 0.4) is 0 Å². The lowest BCUT2D eigenvalue weighted by Gasteiger charge is -2.06. The maximum Gasteiger partial charge on any atom is 0.0424 e. The molecule has 21 heavy (non-hydrogen) atoms. The monoisotopic (exact) mass is 304 g/mol. The van der Waals surface area contributed by atoms with Crippen LogP contribution in [0.5, 0.6) is 0 Å². The topological polar surface area (TPSA) is 0 Å². The van der Waals surface area contributed by atoms with Crippen molar-refractivity contribution in [2.75, 3.05) is 0 Å². The summed E-state index contributed by atoms with van der Waals surface area (Å²) in [5.41, 5.74) is 1.38. The third kappa shape index (κ3) is 1.49. The van der Waals surface area contributed by atoms with E-state index in [-0.39, 0.29) is 0 Å². The molecule has 0 spiro atoms. The van der Waals surface area contributed by atoms with Gasteiger partial charge in [-0.1, -0.05) is 36.4 Å². The van der Waals surface area contributed by atoms with E-state index >= 15 is 0 Å². The number of hydrogen-bond donors (Lipinski definition) is 0. The summed E-state index contributed by atoms with van der Waals surface area (Å²) in [5.74, 6) is 0. The summed E-state index contributed by atoms with van der Waals surface area (Å²) in [6.07, 6.45) is 0. The Morgan fingerprint density at radius 1 is 0.619 bits per heavy atom. The molecule has 0 N–H and O–H groups in total. The molecule has 0 saturated heterocycles. The van der Waals surface area contributed by atoms with Crippen LogP contribution in [0.2, 0.25) is 0 Å². The van der Waals surface area contributed by atoms with Crippen LogP contribution in [0, 0.1) is 6.92 Å². The summed E-state index contributed by atoms with van der Waals surface area (Å²) in [6.45, 7) is 2.20. The van der Waals surface area contributed by atoms with Crippen LogP contribution in [0.15, 0.2) is 53.2 Å². The Morgan fingerprint density at radius 3 is 2.14 bits per heavy atom. The van der Waals surface area contributed by atoms with Gasteiger partial charge in [0.2, 0.25) is 0 Å². The first-order chi connectivity index (χ1) is 10.3. The molecule has 2 aromatic heterocycles. The first-order valence-corrected chi connectivity index (χ1v) is 8.78. The van der Waals surface area contributed by atoms with E-state index in [0.717, 1.165) is 0 Å². The predicted octanol–water partition coefficient (Wildman–Crippen LogP) is 6.73. The van der Waals surface area contributed by atoms with Crippen molar-refractivity contribution in [3.05, 3.63) is 58.8 Å². The zero-order valence-electron chi connectivity index (χ0n) is 11.5. The van der Waals surface area contributed by atoms with E-state index in [2.05, 4.69) is 60.1 Å². The van der Waals surface area contributed by atoms with Gasteiger partial charge in [-0.05, 0) is 50.9 Å². The number of fused-ring (bicyclic) bond motifs is 7. The molecule has 0 saturated carbocycles. The fourth-order valence-electron chi connectivity index (χ4n) is 3.27. The summed E-state index contributed by atoms with van der Waals surface area (Å²) in [6, 6.07) is 15.9. The fraction of sp³-hybridized carbons (Fsp3) is 0.0526. The van der Waals surface area contributed by atoms with Crippen molar-refractivity contribution >= 4 is 64.4 Å². The summed E-state index contributed by atoms with van der Waals surface area (Å²) < 4.78 is 2.81. The summed E-state index contributed by atoms with van der Waals surface area (Å²) in [4.78, 5) is 0. The van der Waals surface area contributed by atoms with Crippen molar-refractivity contribution in [1.29, 1.82) is 0 Å². The number of hydrogen-bond acceptors (Lipinski definition) is 2. The predicted molar refractivity (Wildman–Crippen MR) is 97.0 cm³/mol. The van der Waals surface area contributed by atoms with Crippen LogP contribution in [-0.2, 0) is 0 Å². The molecule has 0 bridgehead atoms. The number of rotatable bonds is 0. The highest BCUT2D eigenvalue weighted by atomic mass is 32.1. The molecule has 0 aliphatic rings. The Hall–Kier alpha value is -1.90. The van der Waals surface area contributed by atoms with Gasteiger partial charge < -0.3 is 0 Å². The number of aryl methyl sites for hydroxylation is 1. The average molecular weight is 304 g/mol. The Balaban J connectivity index is 2.06. The molecule has 5 aromatic rings. The van der Waals surface area contributed by atoms with Gasteiger partial charge in [-0.25, -0.2) is 0 Å². The van der Waals surface area contributed by atoms with E-state index in [1.54, 1.807) is 0 Å². The molecule has 0 aliphatic heterocycles. The van der Waals surface area contributed by atoms with E-state index < -0.39 is 0 Å². The Morgan fingerprint density at radius 2 is 1.29 bits per heavy atom. The minimum atomic E-state index is 1.35. The van der Waals surface area contributed by atoms with Crippen LogP contribution in [0.25, 0.3) is 41.7 Å².